The van der Waals surface area contributed by atoms with E-state index in [9.17, 15) is 14.0 Å². The number of nitrogens with one attached hydrogen (secondary N) is 2. The molecule has 0 aliphatic carbocycles. The number of carbonyl (C=O) groups is 2. The van der Waals surface area contributed by atoms with Gasteiger partial charge in [0.1, 0.15) is 5.82 Å². The fourth-order valence-corrected chi connectivity index (χ4v) is 2.64. The molecule has 3 aromatic rings. The summed E-state index contributed by atoms with van der Waals surface area (Å²) in [5.74, 6) is -0.880. The molecule has 3 rings (SSSR count). The van der Waals surface area contributed by atoms with Gasteiger partial charge in [-0.2, -0.15) is 0 Å². The molecule has 0 aliphatic heterocycles. The zero-order chi connectivity index (χ0) is 19.9. The molecular weight excluding hydrogens is 357 g/mol. The van der Waals surface area contributed by atoms with Crippen molar-refractivity contribution in [1.29, 1.82) is 0 Å². The predicted octanol–water partition coefficient (Wildman–Crippen LogP) is 4.15. The van der Waals surface area contributed by atoms with E-state index in [0.29, 0.717) is 11.3 Å². The van der Waals surface area contributed by atoms with E-state index in [-0.39, 0.29) is 24.0 Å². The van der Waals surface area contributed by atoms with Gasteiger partial charge in [0.2, 0.25) is 5.91 Å². The van der Waals surface area contributed by atoms with Crippen molar-refractivity contribution in [2.75, 3.05) is 29.1 Å². The lowest BCUT2D eigenvalue weighted by atomic mass is 10.1. The van der Waals surface area contributed by atoms with Crippen molar-refractivity contribution in [2.24, 2.45) is 0 Å². The molecular formula is C22H20FN3O2. The third-order valence-electron chi connectivity index (χ3n) is 4.18. The Hall–Kier alpha value is -3.67. The van der Waals surface area contributed by atoms with Crippen molar-refractivity contribution >= 4 is 28.9 Å². The second-order valence-corrected chi connectivity index (χ2v) is 6.16. The average Bonchev–Trinajstić information content (AvgIpc) is 2.73. The summed E-state index contributed by atoms with van der Waals surface area (Å²) in [7, 11) is 1.71. The summed E-state index contributed by atoms with van der Waals surface area (Å²) >= 11 is 0. The van der Waals surface area contributed by atoms with Crippen LogP contribution in [0, 0.1) is 5.82 Å². The summed E-state index contributed by atoms with van der Waals surface area (Å²) in [4.78, 5) is 26.2. The molecule has 0 unspecified atom stereocenters. The number of halogens is 1. The number of amides is 2. The van der Waals surface area contributed by atoms with Crippen molar-refractivity contribution in [1.82, 2.24) is 0 Å². The summed E-state index contributed by atoms with van der Waals surface area (Å²) < 4.78 is 13.5. The first-order valence-electron chi connectivity index (χ1n) is 8.76. The van der Waals surface area contributed by atoms with Crippen LogP contribution in [0.5, 0.6) is 0 Å². The molecule has 0 atom stereocenters. The first-order valence-corrected chi connectivity index (χ1v) is 8.76. The van der Waals surface area contributed by atoms with Crippen LogP contribution in [0.4, 0.5) is 21.5 Å². The Balaban J connectivity index is 1.57. The van der Waals surface area contributed by atoms with Gasteiger partial charge in [-0.25, -0.2) is 4.39 Å². The Morgan fingerprint density at radius 2 is 1.54 bits per heavy atom. The third-order valence-corrected chi connectivity index (χ3v) is 4.18. The van der Waals surface area contributed by atoms with Crippen LogP contribution in [0.1, 0.15) is 10.4 Å². The maximum atomic E-state index is 13.5. The van der Waals surface area contributed by atoms with Gasteiger partial charge in [0.05, 0.1) is 12.2 Å². The van der Waals surface area contributed by atoms with Crippen molar-refractivity contribution in [3.8, 4) is 0 Å². The van der Waals surface area contributed by atoms with E-state index in [4.69, 9.17) is 0 Å². The number of para-hydroxylation sites is 2. The zero-order valence-corrected chi connectivity index (χ0v) is 15.4. The molecule has 0 bridgehead atoms. The van der Waals surface area contributed by atoms with Crippen LogP contribution in [0.25, 0.3) is 0 Å². The van der Waals surface area contributed by atoms with Crippen molar-refractivity contribution < 1.29 is 14.0 Å². The minimum atomic E-state index is -0.416. The van der Waals surface area contributed by atoms with Gasteiger partial charge in [0.25, 0.3) is 5.91 Å². The zero-order valence-electron chi connectivity index (χ0n) is 15.4. The maximum Gasteiger partial charge on any atom is 0.258 e. The standard InChI is InChI=1S/C22H20FN3O2/c1-26(18-7-3-2-4-8-18)22(28)16-11-13-17(14-12-16)25-21(27)15-24-20-10-6-5-9-19(20)23/h2-14,24H,15H2,1H3,(H,25,27). The predicted molar refractivity (Wildman–Crippen MR) is 109 cm³/mol. The third kappa shape index (κ3) is 4.73. The molecule has 0 heterocycles. The van der Waals surface area contributed by atoms with Crippen LogP contribution in [0.3, 0.4) is 0 Å². The first kappa shape index (κ1) is 19.1. The Kier molecular flexibility index (Phi) is 6.01. The minimum Gasteiger partial charge on any atom is -0.374 e. The molecule has 2 N–H and O–H groups in total. The van der Waals surface area contributed by atoms with Gasteiger partial charge in [-0.3, -0.25) is 9.59 Å². The van der Waals surface area contributed by atoms with E-state index in [0.717, 1.165) is 5.69 Å². The van der Waals surface area contributed by atoms with Gasteiger partial charge in [-0.05, 0) is 48.5 Å². The van der Waals surface area contributed by atoms with E-state index in [1.165, 1.54) is 6.07 Å². The topological polar surface area (TPSA) is 61.4 Å². The normalized spacial score (nSPS) is 10.2. The summed E-state index contributed by atoms with van der Waals surface area (Å²) in [6, 6.07) is 22.1. The van der Waals surface area contributed by atoms with Crippen LogP contribution in [-0.2, 0) is 4.79 Å². The lowest BCUT2D eigenvalue weighted by Gasteiger charge is -2.17. The Morgan fingerprint density at radius 3 is 2.21 bits per heavy atom. The lowest BCUT2D eigenvalue weighted by Crippen LogP contribution is -2.26. The van der Waals surface area contributed by atoms with Crippen LogP contribution < -0.4 is 15.5 Å². The number of nitrogens with zero attached hydrogens (tertiary/aromatic N) is 1. The highest BCUT2D eigenvalue weighted by atomic mass is 19.1. The minimum absolute atomic E-state index is 0.0711. The molecule has 5 nitrogen and oxygen atoms in total. The van der Waals surface area contributed by atoms with Crippen molar-refractivity contribution in [3.05, 3.63) is 90.2 Å². The SMILES string of the molecule is CN(C(=O)c1ccc(NC(=O)CNc2ccccc2F)cc1)c1ccccc1. The molecule has 3 aromatic carbocycles. The molecule has 6 heteroatoms. The van der Waals surface area contributed by atoms with Crippen molar-refractivity contribution in [3.63, 3.8) is 0 Å². The Labute approximate surface area is 162 Å². The molecule has 0 saturated heterocycles. The van der Waals surface area contributed by atoms with Crippen LogP contribution in [-0.4, -0.2) is 25.4 Å². The van der Waals surface area contributed by atoms with Crippen LogP contribution in [0.2, 0.25) is 0 Å². The fraction of sp³-hybridized carbons (Fsp3) is 0.0909. The number of anilines is 3. The van der Waals surface area contributed by atoms with E-state index >= 15 is 0 Å². The number of rotatable bonds is 6. The molecule has 0 aliphatic rings. The molecule has 0 radical (unpaired) electrons. The van der Waals surface area contributed by atoms with Gasteiger partial charge >= 0.3 is 0 Å². The Morgan fingerprint density at radius 1 is 0.893 bits per heavy atom. The highest BCUT2D eigenvalue weighted by Crippen LogP contribution is 2.17. The highest BCUT2D eigenvalue weighted by Gasteiger charge is 2.13. The molecule has 0 saturated carbocycles. The number of hydrogen-bond donors (Lipinski definition) is 2. The van der Waals surface area contributed by atoms with Crippen LogP contribution >= 0.6 is 0 Å². The smallest absolute Gasteiger partial charge is 0.258 e. The molecule has 0 fully saturated rings. The summed E-state index contributed by atoms with van der Waals surface area (Å²) in [5.41, 5.74) is 2.12. The van der Waals surface area contributed by atoms with Gasteiger partial charge in [0, 0.05) is 24.0 Å². The van der Waals surface area contributed by atoms with Gasteiger partial charge in [-0.1, -0.05) is 30.3 Å². The summed E-state index contributed by atoms with van der Waals surface area (Å²) in [6.45, 7) is -0.0711. The molecule has 2 amide bonds. The number of carbonyl (C=O) groups excluding carboxylic acids is 2. The van der Waals surface area contributed by atoms with E-state index in [2.05, 4.69) is 10.6 Å². The second kappa shape index (κ2) is 8.81. The monoisotopic (exact) mass is 377 g/mol. The number of benzene rings is 3. The molecule has 0 aromatic heterocycles. The van der Waals surface area contributed by atoms with E-state index < -0.39 is 5.82 Å². The largest absolute Gasteiger partial charge is 0.374 e. The lowest BCUT2D eigenvalue weighted by molar-refractivity contribution is -0.114. The first-order chi connectivity index (χ1) is 13.5. The van der Waals surface area contributed by atoms with Crippen LogP contribution in [0.15, 0.2) is 78.9 Å². The summed E-state index contributed by atoms with van der Waals surface area (Å²) in [6.07, 6.45) is 0. The molecule has 0 spiro atoms. The quantitative estimate of drug-likeness (QED) is 0.678. The maximum absolute atomic E-state index is 13.5. The van der Waals surface area contributed by atoms with E-state index in [1.807, 2.05) is 30.3 Å². The highest BCUT2D eigenvalue weighted by molar-refractivity contribution is 6.06. The van der Waals surface area contributed by atoms with Gasteiger partial charge in [-0.15, -0.1) is 0 Å². The Bertz CT molecular complexity index is 959. The molecule has 28 heavy (non-hydrogen) atoms. The van der Waals surface area contributed by atoms with Crippen molar-refractivity contribution in [2.45, 2.75) is 0 Å². The average molecular weight is 377 g/mol. The molecule has 142 valence electrons. The second-order valence-electron chi connectivity index (χ2n) is 6.16. The number of hydrogen-bond acceptors (Lipinski definition) is 3. The van der Waals surface area contributed by atoms with Gasteiger partial charge in [0.15, 0.2) is 0 Å². The van der Waals surface area contributed by atoms with Gasteiger partial charge < -0.3 is 15.5 Å². The fourth-order valence-electron chi connectivity index (χ4n) is 2.64. The summed E-state index contributed by atoms with van der Waals surface area (Å²) in [5, 5.41) is 5.46. The van der Waals surface area contributed by atoms with E-state index in [1.54, 1.807) is 54.4 Å².